The largest absolute Gasteiger partial charge is 0.492 e. The topological polar surface area (TPSA) is 75.7 Å². The van der Waals surface area contributed by atoms with Gasteiger partial charge in [-0.25, -0.2) is 13.1 Å². The van der Waals surface area contributed by atoms with Gasteiger partial charge >= 0.3 is 0 Å². The van der Waals surface area contributed by atoms with Crippen LogP contribution in [0.2, 0.25) is 0 Å². The fourth-order valence-electron chi connectivity index (χ4n) is 3.55. The number of carbonyl (C=O) groups excluding carboxylic acids is 1. The summed E-state index contributed by atoms with van der Waals surface area (Å²) >= 11 is 0. The Morgan fingerprint density at radius 1 is 1.21 bits per heavy atom. The molecule has 29 heavy (non-hydrogen) atoms. The molecule has 2 aromatic carbocycles. The summed E-state index contributed by atoms with van der Waals surface area (Å²) in [6, 6.07) is 12.3. The van der Waals surface area contributed by atoms with Crippen LogP contribution in [0.4, 0.5) is 5.69 Å². The van der Waals surface area contributed by atoms with Crippen LogP contribution >= 0.6 is 0 Å². The SMILES string of the molecule is Cc1ccc(OCC(C)NS(=O)(=O)c2ccc3c(c2)CCN3C(=O)C2CC2)cc1. The van der Waals surface area contributed by atoms with Crippen molar-refractivity contribution in [3.05, 3.63) is 53.6 Å². The van der Waals surface area contributed by atoms with E-state index < -0.39 is 10.0 Å². The molecular weight excluding hydrogens is 388 g/mol. The van der Waals surface area contributed by atoms with E-state index in [-0.39, 0.29) is 29.4 Å². The molecule has 4 rings (SSSR count). The van der Waals surface area contributed by atoms with Crippen molar-refractivity contribution in [1.82, 2.24) is 4.72 Å². The first-order valence-corrected chi connectivity index (χ1v) is 11.5. The molecule has 6 nitrogen and oxygen atoms in total. The first kappa shape index (κ1) is 19.9. The molecule has 154 valence electrons. The Balaban J connectivity index is 1.40. The number of anilines is 1. The molecule has 0 radical (unpaired) electrons. The standard InChI is InChI=1S/C22H26N2O4S/c1-15-3-7-19(8-4-15)28-14-16(2)23-29(26,27)20-9-10-21-18(13-20)11-12-24(21)22(25)17-5-6-17/h3-4,7-10,13,16-17,23H,5-6,11-12,14H2,1-2H3. The highest BCUT2D eigenvalue weighted by molar-refractivity contribution is 7.89. The second kappa shape index (κ2) is 7.80. The summed E-state index contributed by atoms with van der Waals surface area (Å²) in [6.07, 6.45) is 2.61. The van der Waals surface area contributed by atoms with E-state index in [0.717, 1.165) is 29.7 Å². The van der Waals surface area contributed by atoms with Gasteiger partial charge in [-0.15, -0.1) is 0 Å². The molecular formula is C22H26N2O4S. The average Bonchev–Trinajstić information content (AvgIpc) is 3.45. The third kappa shape index (κ3) is 4.46. The zero-order valence-electron chi connectivity index (χ0n) is 16.7. The molecule has 2 aliphatic rings. The number of hydrogen-bond donors (Lipinski definition) is 1. The summed E-state index contributed by atoms with van der Waals surface area (Å²) < 4.78 is 33.9. The molecule has 2 aromatic rings. The maximum atomic E-state index is 12.8. The van der Waals surface area contributed by atoms with Crippen molar-refractivity contribution in [3.63, 3.8) is 0 Å². The molecule has 0 aromatic heterocycles. The van der Waals surface area contributed by atoms with Crippen molar-refractivity contribution >= 4 is 21.6 Å². The molecule has 7 heteroatoms. The summed E-state index contributed by atoms with van der Waals surface area (Å²) in [6.45, 7) is 4.63. The minimum absolute atomic E-state index is 0.153. The molecule has 1 amide bonds. The van der Waals surface area contributed by atoms with Gasteiger partial charge in [-0.3, -0.25) is 4.79 Å². The smallest absolute Gasteiger partial charge is 0.240 e. The zero-order chi connectivity index (χ0) is 20.6. The van der Waals surface area contributed by atoms with Crippen LogP contribution in [0.25, 0.3) is 0 Å². The number of nitrogens with one attached hydrogen (secondary N) is 1. The number of aryl methyl sites for hydroxylation is 1. The maximum Gasteiger partial charge on any atom is 0.240 e. The van der Waals surface area contributed by atoms with Gasteiger partial charge in [-0.1, -0.05) is 17.7 Å². The molecule has 1 saturated carbocycles. The first-order chi connectivity index (χ1) is 13.8. The van der Waals surface area contributed by atoms with Gasteiger partial charge in [0.15, 0.2) is 0 Å². The predicted molar refractivity (Wildman–Crippen MR) is 112 cm³/mol. The highest BCUT2D eigenvalue weighted by Crippen LogP contribution is 2.37. The average molecular weight is 415 g/mol. The minimum Gasteiger partial charge on any atom is -0.492 e. The van der Waals surface area contributed by atoms with E-state index >= 15 is 0 Å². The summed E-state index contributed by atoms with van der Waals surface area (Å²) in [5.74, 6) is 1.03. The number of benzene rings is 2. The van der Waals surface area contributed by atoms with Crippen molar-refractivity contribution in [1.29, 1.82) is 0 Å². The molecule has 1 unspecified atom stereocenters. The minimum atomic E-state index is -3.67. The zero-order valence-corrected chi connectivity index (χ0v) is 17.5. The van der Waals surface area contributed by atoms with E-state index in [1.54, 1.807) is 30.0 Å². The third-order valence-corrected chi connectivity index (χ3v) is 6.91. The van der Waals surface area contributed by atoms with E-state index in [1.165, 1.54) is 0 Å². The number of nitrogens with zero attached hydrogens (tertiary/aromatic N) is 1. The van der Waals surface area contributed by atoms with Gasteiger partial charge in [-0.05, 0) is 69.0 Å². The number of sulfonamides is 1. The fourth-order valence-corrected chi connectivity index (χ4v) is 4.83. The van der Waals surface area contributed by atoms with Crippen molar-refractivity contribution in [2.75, 3.05) is 18.1 Å². The second-order valence-corrected chi connectivity index (χ2v) is 9.67. The van der Waals surface area contributed by atoms with E-state index in [2.05, 4.69) is 4.72 Å². The van der Waals surface area contributed by atoms with Gasteiger partial charge in [0.05, 0.1) is 10.9 Å². The van der Waals surface area contributed by atoms with Gasteiger partial charge in [0.1, 0.15) is 12.4 Å². The van der Waals surface area contributed by atoms with E-state index in [1.807, 2.05) is 31.2 Å². The normalized spacial score (nSPS) is 17.1. The molecule has 1 N–H and O–H groups in total. The monoisotopic (exact) mass is 414 g/mol. The molecule has 1 aliphatic heterocycles. The van der Waals surface area contributed by atoms with Gasteiger partial charge in [-0.2, -0.15) is 0 Å². The third-order valence-electron chi connectivity index (χ3n) is 5.33. The molecule has 1 heterocycles. The molecule has 1 atom stereocenters. The van der Waals surface area contributed by atoms with Crippen LogP contribution in [0.15, 0.2) is 47.4 Å². The Morgan fingerprint density at radius 2 is 1.93 bits per heavy atom. The van der Waals surface area contributed by atoms with Gasteiger partial charge in [0, 0.05) is 18.2 Å². The number of ether oxygens (including phenoxy) is 1. The summed E-state index contributed by atoms with van der Waals surface area (Å²) in [4.78, 5) is 14.4. The molecule has 0 spiro atoms. The number of amides is 1. The van der Waals surface area contributed by atoms with Gasteiger partial charge in [0.2, 0.25) is 15.9 Å². The lowest BCUT2D eigenvalue weighted by Gasteiger charge is -2.18. The van der Waals surface area contributed by atoms with Crippen molar-refractivity contribution < 1.29 is 17.9 Å². The van der Waals surface area contributed by atoms with Gasteiger partial charge in [0.25, 0.3) is 0 Å². The Labute approximate surface area is 171 Å². The van der Waals surface area contributed by atoms with Crippen LogP contribution in [0.5, 0.6) is 5.75 Å². The Kier molecular flexibility index (Phi) is 5.36. The van der Waals surface area contributed by atoms with Crippen LogP contribution in [0, 0.1) is 12.8 Å². The van der Waals surface area contributed by atoms with Crippen LogP contribution in [-0.2, 0) is 21.2 Å². The first-order valence-electron chi connectivity index (χ1n) is 9.99. The van der Waals surface area contributed by atoms with E-state index in [0.29, 0.717) is 18.7 Å². The highest BCUT2D eigenvalue weighted by Gasteiger charge is 2.36. The second-order valence-electron chi connectivity index (χ2n) is 7.95. The van der Waals surface area contributed by atoms with Crippen molar-refractivity contribution in [2.45, 2.75) is 44.0 Å². The van der Waals surface area contributed by atoms with Gasteiger partial charge < -0.3 is 9.64 Å². The summed E-state index contributed by atoms with van der Waals surface area (Å²) in [5, 5.41) is 0. The lowest BCUT2D eigenvalue weighted by molar-refractivity contribution is -0.119. The van der Waals surface area contributed by atoms with Crippen LogP contribution in [0.1, 0.15) is 30.9 Å². The summed E-state index contributed by atoms with van der Waals surface area (Å²) in [5.41, 5.74) is 2.89. The van der Waals surface area contributed by atoms with E-state index in [9.17, 15) is 13.2 Å². The molecule has 1 fully saturated rings. The molecule has 0 saturated heterocycles. The van der Waals surface area contributed by atoms with Crippen molar-refractivity contribution in [3.8, 4) is 5.75 Å². The maximum absolute atomic E-state index is 12.8. The Bertz CT molecular complexity index is 1010. The summed E-state index contributed by atoms with van der Waals surface area (Å²) in [7, 11) is -3.67. The molecule has 1 aliphatic carbocycles. The number of rotatable bonds is 7. The number of hydrogen-bond acceptors (Lipinski definition) is 4. The quantitative estimate of drug-likeness (QED) is 0.756. The predicted octanol–water partition coefficient (Wildman–Crippen LogP) is 3.04. The van der Waals surface area contributed by atoms with E-state index in [4.69, 9.17) is 4.74 Å². The van der Waals surface area contributed by atoms with Crippen LogP contribution < -0.4 is 14.4 Å². The van der Waals surface area contributed by atoms with Crippen molar-refractivity contribution in [2.24, 2.45) is 5.92 Å². The Morgan fingerprint density at radius 3 is 2.62 bits per heavy atom. The number of carbonyl (C=O) groups is 1. The lowest BCUT2D eigenvalue weighted by atomic mass is 10.2. The number of fused-ring (bicyclic) bond motifs is 1. The fraction of sp³-hybridized carbons (Fsp3) is 0.409. The van der Waals surface area contributed by atoms with Crippen LogP contribution in [-0.4, -0.2) is 33.5 Å². The lowest BCUT2D eigenvalue weighted by Crippen LogP contribution is -2.36. The molecule has 0 bridgehead atoms. The highest BCUT2D eigenvalue weighted by atomic mass is 32.2. The van der Waals surface area contributed by atoms with Crippen LogP contribution in [0.3, 0.4) is 0 Å². The Hall–Kier alpha value is -2.38.